The molecule has 1 aromatic heterocycles. The molecule has 1 amide bonds. The minimum absolute atomic E-state index is 0.357. The zero-order chi connectivity index (χ0) is 18.5. The van der Waals surface area contributed by atoms with Crippen molar-refractivity contribution in [3.63, 3.8) is 0 Å². The van der Waals surface area contributed by atoms with Crippen LogP contribution in [0.3, 0.4) is 0 Å². The number of piperazine rings is 1. The first kappa shape index (κ1) is 19.4. The van der Waals surface area contributed by atoms with Gasteiger partial charge < -0.3 is 9.80 Å². The van der Waals surface area contributed by atoms with Crippen LogP contribution in [0.2, 0.25) is 0 Å². The Labute approximate surface area is 158 Å². The van der Waals surface area contributed by atoms with Gasteiger partial charge in [0.25, 0.3) is 0 Å². The minimum Gasteiger partial charge on any atom is -0.340 e. The molecule has 146 valence electrons. The summed E-state index contributed by atoms with van der Waals surface area (Å²) in [6.07, 6.45) is 6.29. The molecule has 6 heteroatoms. The maximum absolute atomic E-state index is 12.5. The number of piperidine rings is 1. The number of aromatic nitrogens is 2. The van der Waals surface area contributed by atoms with Crippen LogP contribution in [0.15, 0.2) is 6.20 Å². The number of carbonyl (C=O) groups excluding carboxylic acids is 1. The van der Waals surface area contributed by atoms with Crippen molar-refractivity contribution < 1.29 is 4.79 Å². The third kappa shape index (κ3) is 4.86. The van der Waals surface area contributed by atoms with Crippen molar-refractivity contribution in [1.82, 2.24) is 24.5 Å². The van der Waals surface area contributed by atoms with E-state index in [0.29, 0.717) is 11.8 Å². The zero-order valence-electron chi connectivity index (χ0n) is 16.8. The van der Waals surface area contributed by atoms with Crippen molar-refractivity contribution in [2.45, 2.75) is 52.6 Å². The Kier molecular flexibility index (Phi) is 6.70. The van der Waals surface area contributed by atoms with E-state index in [0.717, 1.165) is 58.7 Å². The summed E-state index contributed by atoms with van der Waals surface area (Å²) < 4.78 is 2.07. The van der Waals surface area contributed by atoms with E-state index < -0.39 is 0 Å². The molecule has 2 aliphatic heterocycles. The van der Waals surface area contributed by atoms with Crippen LogP contribution in [0.5, 0.6) is 0 Å². The molecule has 2 saturated heterocycles. The largest absolute Gasteiger partial charge is 0.340 e. The lowest BCUT2D eigenvalue weighted by atomic mass is 9.93. The molecule has 6 nitrogen and oxygen atoms in total. The summed E-state index contributed by atoms with van der Waals surface area (Å²) in [6, 6.07) is 0. The van der Waals surface area contributed by atoms with Gasteiger partial charge in [0, 0.05) is 63.5 Å². The zero-order valence-corrected chi connectivity index (χ0v) is 16.8. The Balaban J connectivity index is 1.44. The molecule has 0 unspecified atom stereocenters. The monoisotopic (exact) mass is 361 g/mol. The molecule has 2 aliphatic rings. The highest BCUT2D eigenvalue weighted by atomic mass is 16.2. The van der Waals surface area contributed by atoms with Crippen LogP contribution >= 0.6 is 0 Å². The number of aryl methyl sites for hydroxylation is 1. The van der Waals surface area contributed by atoms with E-state index in [4.69, 9.17) is 0 Å². The Morgan fingerprint density at radius 2 is 2.00 bits per heavy atom. The molecule has 1 atom stereocenters. The van der Waals surface area contributed by atoms with Crippen molar-refractivity contribution in [3.8, 4) is 0 Å². The Bertz CT molecular complexity index is 591. The second kappa shape index (κ2) is 9.00. The van der Waals surface area contributed by atoms with Crippen LogP contribution in [0.25, 0.3) is 0 Å². The summed E-state index contributed by atoms with van der Waals surface area (Å²) >= 11 is 0. The first-order valence-corrected chi connectivity index (χ1v) is 10.3. The van der Waals surface area contributed by atoms with E-state index in [9.17, 15) is 4.79 Å². The first-order valence-electron chi connectivity index (χ1n) is 10.3. The predicted octanol–water partition coefficient (Wildman–Crippen LogP) is 1.98. The van der Waals surface area contributed by atoms with E-state index in [1.165, 1.54) is 30.6 Å². The number of carbonyl (C=O) groups is 1. The average molecular weight is 362 g/mol. The van der Waals surface area contributed by atoms with Gasteiger partial charge in [-0.05, 0) is 52.6 Å². The molecule has 0 N–H and O–H groups in total. The minimum atomic E-state index is 0.357. The average Bonchev–Trinajstić information content (AvgIpc) is 3.00. The van der Waals surface area contributed by atoms with E-state index in [2.05, 4.69) is 45.4 Å². The van der Waals surface area contributed by atoms with Gasteiger partial charge in [0.2, 0.25) is 5.91 Å². The summed E-state index contributed by atoms with van der Waals surface area (Å²) in [5, 5.41) is 4.47. The van der Waals surface area contributed by atoms with Gasteiger partial charge in [0.1, 0.15) is 0 Å². The lowest BCUT2D eigenvalue weighted by Gasteiger charge is -2.34. The third-order valence-electron chi connectivity index (χ3n) is 6.12. The van der Waals surface area contributed by atoms with Gasteiger partial charge in [-0.15, -0.1) is 0 Å². The summed E-state index contributed by atoms with van der Waals surface area (Å²) in [4.78, 5) is 19.4. The highest BCUT2D eigenvalue weighted by Crippen LogP contribution is 2.23. The molecular formula is C20H35N5O. The van der Waals surface area contributed by atoms with Gasteiger partial charge >= 0.3 is 0 Å². The maximum atomic E-state index is 12.5. The normalized spacial score (nSPS) is 22.7. The predicted molar refractivity (Wildman–Crippen MR) is 104 cm³/mol. The van der Waals surface area contributed by atoms with Gasteiger partial charge in [-0.2, -0.15) is 5.10 Å². The summed E-state index contributed by atoms with van der Waals surface area (Å²) in [7, 11) is 2.13. The van der Waals surface area contributed by atoms with E-state index in [-0.39, 0.29) is 0 Å². The number of likely N-dealkylation sites (tertiary alicyclic amines) is 1. The second-order valence-electron chi connectivity index (χ2n) is 8.04. The van der Waals surface area contributed by atoms with Gasteiger partial charge in [-0.25, -0.2) is 0 Å². The van der Waals surface area contributed by atoms with Crippen molar-refractivity contribution in [1.29, 1.82) is 0 Å². The van der Waals surface area contributed by atoms with E-state index in [1.807, 2.05) is 6.20 Å². The quantitative estimate of drug-likeness (QED) is 0.777. The van der Waals surface area contributed by atoms with Crippen molar-refractivity contribution in [2.24, 2.45) is 5.92 Å². The number of hydrogen-bond acceptors (Lipinski definition) is 4. The standard InChI is InChI=1S/C20H35N5O/c1-4-25-17(2)19(14-21-25)16-23-9-5-6-18(15-23)7-8-20(26)24-12-10-22(3)11-13-24/h14,18H,4-13,15-16H2,1-3H3/t18-/m0/s1. The van der Waals surface area contributed by atoms with E-state index >= 15 is 0 Å². The number of amides is 1. The van der Waals surface area contributed by atoms with Gasteiger partial charge in [-0.1, -0.05) is 0 Å². The lowest BCUT2D eigenvalue weighted by molar-refractivity contribution is -0.133. The van der Waals surface area contributed by atoms with Crippen molar-refractivity contribution in [2.75, 3.05) is 46.3 Å². The molecule has 2 fully saturated rings. The molecule has 0 spiro atoms. The number of hydrogen-bond donors (Lipinski definition) is 0. The van der Waals surface area contributed by atoms with Crippen LogP contribution in [-0.4, -0.2) is 76.7 Å². The number of likely N-dealkylation sites (N-methyl/N-ethyl adjacent to an activating group) is 1. The Hall–Kier alpha value is -1.40. The highest BCUT2D eigenvalue weighted by Gasteiger charge is 2.24. The van der Waals surface area contributed by atoms with Crippen molar-refractivity contribution in [3.05, 3.63) is 17.5 Å². The molecular weight excluding hydrogens is 326 g/mol. The molecule has 0 saturated carbocycles. The molecule has 0 aromatic carbocycles. The summed E-state index contributed by atoms with van der Waals surface area (Å²) in [5.41, 5.74) is 2.64. The Morgan fingerprint density at radius 1 is 1.23 bits per heavy atom. The molecule has 0 bridgehead atoms. The van der Waals surface area contributed by atoms with Gasteiger partial charge in [0.15, 0.2) is 0 Å². The molecule has 26 heavy (non-hydrogen) atoms. The van der Waals surface area contributed by atoms with Crippen LogP contribution in [-0.2, 0) is 17.9 Å². The molecule has 1 aromatic rings. The number of rotatable bonds is 6. The van der Waals surface area contributed by atoms with Crippen LogP contribution in [0.1, 0.15) is 43.9 Å². The first-order chi connectivity index (χ1) is 12.6. The SMILES string of the molecule is CCn1ncc(CN2CCC[C@@H](CCC(=O)N3CCN(C)CC3)C2)c1C. The molecule has 0 radical (unpaired) electrons. The third-order valence-corrected chi connectivity index (χ3v) is 6.12. The van der Waals surface area contributed by atoms with Gasteiger partial charge in [0.05, 0.1) is 6.20 Å². The van der Waals surface area contributed by atoms with Crippen molar-refractivity contribution >= 4 is 5.91 Å². The summed E-state index contributed by atoms with van der Waals surface area (Å²) in [6.45, 7) is 12.3. The fourth-order valence-corrected chi connectivity index (χ4v) is 4.27. The molecule has 3 rings (SSSR count). The smallest absolute Gasteiger partial charge is 0.222 e. The second-order valence-corrected chi connectivity index (χ2v) is 8.04. The number of nitrogens with zero attached hydrogens (tertiary/aromatic N) is 5. The van der Waals surface area contributed by atoms with Crippen LogP contribution in [0, 0.1) is 12.8 Å². The lowest BCUT2D eigenvalue weighted by Crippen LogP contribution is -2.47. The maximum Gasteiger partial charge on any atom is 0.222 e. The van der Waals surface area contributed by atoms with Crippen LogP contribution < -0.4 is 0 Å². The fourth-order valence-electron chi connectivity index (χ4n) is 4.27. The summed E-state index contributed by atoms with van der Waals surface area (Å²) in [5.74, 6) is 1.01. The van der Waals surface area contributed by atoms with E-state index in [1.54, 1.807) is 0 Å². The Morgan fingerprint density at radius 3 is 2.69 bits per heavy atom. The molecule has 3 heterocycles. The fraction of sp³-hybridized carbons (Fsp3) is 0.800. The topological polar surface area (TPSA) is 44.6 Å². The van der Waals surface area contributed by atoms with Gasteiger partial charge in [-0.3, -0.25) is 14.4 Å². The van der Waals surface area contributed by atoms with Crippen LogP contribution in [0.4, 0.5) is 0 Å². The molecule has 0 aliphatic carbocycles. The highest BCUT2D eigenvalue weighted by molar-refractivity contribution is 5.76.